The lowest BCUT2D eigenvalue weighted by Gasteiger charge is -2.06. The molecule has 4 nitrogen and oxygen atoms in total. The Bertz CT molecular complexity index is 470. The molecule has 0 heterocycles. The van der Waals surface area contributed by atoms with Gasteiger partial charge in [0.05, 0.1) is 12.0 Å². The Morgan fingerprint density at radius 2 is 2.29 bits per heavy atom. The fraction of sp³-hybridized carbons (Fsp3) is 0.250. The van der Waals surface area contributed by atoms with Crippen molar-refractivity contribution in [2.45, 2.75) is 18.7 Å². The van der Waals surface area contributed by atoms with E-state index in [2.05, 4.69) is 16.3 Å². The van der Waals surface area contributed by atoms with Crippen LogP contribution in [0, 0.1) is 6.92 Å². The van der Waals surface area contributed by atoms with Crippen molar-refractivity contribution in [3.05, 3.63) is 36.5 Å². The van der Waals surface area contributed by atoms with E-state index < -0.39 is 11.0 Å². The van der Waals surface area contributed by atoms with Gasteiger partial charge in [0, 0.05) is 0 Å². The van der Waals surface area contributed by atoms with Crippen LogP contribution in [-0.2, 0) is 11.0 Å². The Morgan fingerprint density at radius 3 is 2.88 bits per heavy atom. The van der Waals surface area contributed by atoms with Crippen LogP contribution in [0.5, 0.6) is 5.75 Å². The molecule has 1 aromatic carbocycles. The molecule has 0 spiro atoms. The summed E-state index contributed by atoms with van der Waals surface area (Å²) in [5, 5.41) is 2.78. The SMILES string of the molecule is C=CNC(C)=NS(=O)c1cc(OC)ccc1C. The topological polar surface area (TPSA) is 50.7 Å². The zero-order chi connectivity index (χ0) is 12.8. The lowest BCUT2D eigenvalue weighted by molar-refractivity contribution is 0.413. The molecule has 1 N–H and O–H groups in total. The monoisotopic (exact) mass is 252 g/mol. The molecular formula is C12H16N2O2S. The van der Waals surface area contributed by atoms with E-state index in [-0.39, 0.29) is 0 Å². The second kappa shape index (κ2) is 6.20. The zero-order valence-corrected chi connectivity index (χ0v) is 11.0. The summed E-state index contributed by atoms with van der Waals surface area (Å²) in [6.45, 7) is 7.13. The van der Waals surface area contributed by atoms with Crippen LogP contribution in [0.2, 0.25) is 0 Å². The maximum atomic E-state index is 12.0. The molecule has 0 saturated heterocycles. The first-order valence-electron chi connectivity index (χ1n) is 5.07. The third-order valence-electron chi connectivity index (χ3n) is 2.11. The molecule has 0 radical (unpaired) electrons. The van der Waals surface area contributed by atoms with Gasteiger partial charge in [-0.25, -0.2) is 4.21 Å². The van der Waals surface area contributed by atoms with E-state index in [1.54, 1.807) is 20.1 Å². The van der Waals surface area contributed by atoms with Gasteiger partial charge in [0.25, 0.3) is 0 Å². The van der Waals surface area contributed by atoms with Crippen molar-refractivity contribution in [2.24, 2.45) is 4.40 Å². The minimum absolute atomic E-state index is 0.556. The normalized spacial score (nSPS) is 13.0. The molecule has 1 aromatic rings. The highest BCUT2D eigenvalue weighted by atomic mass is 32.2. The van der Waals surface area contributed by atoms with E-state index in [0.29, 0.717) is 16.5 Å². The predicted molar refractivity (Wildman–Crippen MR) is 70.6 cm³/mol. The van der Waals surface area contributed by atoms with Gasteiger partial charge in [-0.2, -0.15) is 4.40 Å². The quantitative estimate of drug-likeness (QED) is 0.660. The number of aryl methyl sites for hydroxylation is 1. The molecule has 0 aliphatic carbocycles. The molecule has 92 valence electrons. The number of nitrogens with one attached hydrogen (secondary N) is 1. The van der Waals surface area contributed by atoms with Crippen LogP contribution >= 0.6 is 0 Å². The molecule has 0 bridgehead atoms. The Hall–Kier alpha value is -1.62. The molecule has 1 rings (SSSR count). The molecule has 1 atom stereocenters. The number of benzene rings is 1. The number of methoxy groups -OCH3 is 1. The van der Waals surface area contributed by atoms with Gasteiger partial charge in [-0.1, -0.05) is 12.6 Å². The number of rotatable bonds is 4. The highest BCUT2D eigenvalue weighted by molar-refractivity contribution is 7.84. The third-order valence-corrected chi connectivity index (χ3v) is 3.37. The van der Waals surface area contributed by atoms with E-state index >= 15 is 0 Å². The lowest BCUT2D eigenvalue weighted by Crippen LogP contribution is -2.13. The minimum Gasteiger partial charge on any atom is -0.497 e. The molecule has 0 saturated carbocycles. The van der Waals surface area contributed by atoms with Crippen LogP contribution in [0.25, 0.3) is 0 Å². The van der Waals surface area contributed by atoms with Crippen LogP contribution in [-0.4, -0.2) is 17.2 Å². The van der Waals surface area contributed by atoms with Gasteiger partial charge in [0.1, 0.15) is 11.6 Å². The van der Waals surface area contributed by atoms with Gasteiger partial charge < -0.3 is 10.1 Å². The molecule has 0 amide bonds. The Morgan fingerprint density at radius 1 is 1.59 bits per heavy atom. The van der Waals surface area contributed by atoms with Crippen LogP contribution in [0.1, 0.15) is 12.5 Å². The summed E-state index contributed by atoms with van der Waals surface area (Å²) in [6, 6.07) is 5.42. The number of ether oxygens (including phenoxy) is 1. The van der Waals surface area contributed by atoms with Crippen LogP contribution in [0.4, 0.5) is 0 Å². The summed E-state index contributed by atoms with van der Waals surface area (Å²) in [5.74, 6) is 1.23. The van der Waals surface area contributed by atoms with Crippen molar-refractivity contribution in [1.82, 2.24) is 5.32 Å². The second-order valence-electron chi connectivity index (χ2n) is 3.41. The van der Waals surface area contributed by atoms with Gasteiger partial charge >= 0.3 is 0 Å². The summed E-state index contributed by atoms with van der Waals surface area (Å²) in [6.07, 6.45) is 1.49. The van der Waals surface area contributed by atoms with Gasteiger partial charge in [0.2, 0.25) is 0 Å². The summed E-state index contributed by atoms with van der Waals surface area (Å²) in [5.41, 5.74) is 0.916. The summed E-state index contributed by atoms with van der Waals surface area (Å²) >= 11 is 0. The molecule has 1 unspecified atom stereocenters. The summed E-state index contributed by atoms with van der Waals surface area (Å²) < 4.78 is 21.1. The highest BCUT2D eigenvalue weighted by Crippen LogP contribution is 2.20. The fourth-order valence-electron chi connectivity index (χ4n) is 1.24. The maximum Gasteiger partial charge on any atom is 0.174 e. The molecule has 0 aliphatic heterocycles. The first-order chi connectivity index (χ1) is 8.08. The highest BCUT2D eigenvalue weighted by Gasteiger charge is 2.08. The Balaban J connectivity index is 3.03. The van der Waals surface area contributed by atoms with Gasteiger partial charge in [-0.15, -0.1) is 0 Å². The minimum atomic E-state index is -1.44. The smallest absolute Gasteiger partial charge is 0.174 e. The lowest BCUT2D eigenvalue weighted by atomic mass is 10.2. The number of hydrogen-bond acceptors (Lipinski definition) is 2. The first kappa shape index (κ1) is 13.4. The molecule has 17 heavy (non-hydrogen) atoms. The van der Waals surface area contributed by atoms with Crippen LogP contribution in [0.15, 0.2) is 40.3 Å². The van der Waals surface area contributed by atoms with E-state index in [1.165, 1.54) is 6.20 Å². The van der Waals surface area contributed by atoms with Crippen molar-refractivity contribution < 1.29 is 8.95 Å². The van der Waals surface area contributed by atoms with Crippen LogP contribution in [0.3, 0.4) is 0 Å². The average molecular weight is 252 g/mol. The van der Waals surface area contributed by atoms with E-state index in [4.69, 9.17) is 4.74 Å². The van der Waals surface area contributed by atoms with Crippen molar-refractivity contribution >= 4 is 16.8 Å². The molecular weight excluding hydrogens is 236 g/mol. The molecule has 0 aliphatic rings. The van der Waals surface area contributed by atoms with E-state index in [0.717, 1.165) is 5.56 Å². The maximum absolute atomic E-state index is 12.0. The first-order valence-corrected chi connectivity index (χ1v) is 6.18. The molecule has 5 heteroatoms. The van der Waals surface area contributed by atoms with E-state index in [1.807, 2.05) is 19.1 Å². The second-order valence-corrected chi connectivity index (χ2v) is 4.53. The van der Waals surface area contributed by atoms with Gasteiger partial charge in [0.15, 0.2) is 11.0 Å². The van der Waals surface area contributed by atoms with Gasteiger partial charge in [-0.05, 0) is 37.7 Å². The van der Waals surface area contributed by atoms with Crippen molar-refractivity contribution in [1.29, 1.82) is 0 Å². The largest absolute Gasteiger partial charge is 0.497 e. The van der Waals surface area contributed by atoms with Crippen molar-refractivity contribution in [3.63, 3.8) is 0 Å². The van der Waals surface area contributed by atoms with E-state index in [9.17, 15) is 4.21 Å². The average Bonchev–Trinajstić information content (AvgIpc) is 2.29. The number of nitrogens with zero attached hydrogens (tertiary/aromatic N) is 1. The fourth-order valence-corrected chi connectivity index (χ4v) is 2.20. The Kier molecular flexibility index (Phi) is 4.90. The summed E-state index contributed by atoms with van der Waals surface area (Å²) in [7, 11) is 0.134. The summed E-state index contributed by atoms with van der Waals surface area (Å²) in [4.78, 5) is 0.648. The molecule has 0 fully saturated rings. The zero-order valence-electron chi connectivity index (χ0n) is 10.2. The van der Waals surface area contributed by atoms with Gasteiger partial charge in [-0.3, -0.25) is 0 Å². The van der Waals surface area contributed by atoms with Crippen molar-refractivity contribution in [2.75, 3.05) is 7.11 Å². The number of amidine groups is 1. The van der Waals surface area contributed by atoms with Crippen molar-refractivity contribution in [3.8, 4) is 5.75 Å². The van der Waals surface area contributed by atoms with Crippen LogP contribution < -0.4 is 10.1 Å². The third kappa shape index (κ3) is 3.71. The standard InChI is InChI=1S/C12H16N2O2S/c1-5-13-10(3)14-17(15)12-8-11(16-4)7-6-9(12)2/h5-8H,1H2,2-4H3,(H,13,14). The number of hydrogen-bond donors (Lipinski definition) is 1. The predicted octanol–water partition coefficient (Wildman–Crippen LogP) is 2.18. The molecule has 0 aromatic heterocycles. The Labute approximate surface area is 104 Å².